The lowest BCUT2D eigenvalue weighted by atomic mass is 10.2. The van der Waals surface area contributed by atoms with Crippen molar-refractivity contribution in [2.75, 3.05) is 7.11 Å². The average Bonchev–Trinajstić information content (AvgIpc) is 3.25. The third kappa shape index (κ3) is 3.36. The van der Waals surface area contributed by atoms with E-state index in [-0.39, 0.29) is 0 Å². The lowest BCUT2D eigenvalue weighted by molar-refractivity contribution is 0.273. The second kappa shape index (κ2) is 6.18. The Kier molecular flexibility index (Phi) is 4.10. The molecule has 5 nitrogen and oxygen atoms in total. The molecule has 0 atom stereocenters. The van der Waals surface area contributed by atoms with Crippen molar-refractivity contribution in [3.63, 3.8) is 0 Å². The van der Waals surface area contributed by atoms with E-state index < -0.39 is 0 Å². The number of para-hydroxylation sites is 1. The highest BCUT2D eigenvalue weighted by atomic mass is 16.5. The molecule has 3 rings (SSSR count). The van der Waals surface area contributed by atoms with Crippen molar-refractivity contribution in [2.45, 2.75) is 32.0 Å². The Morgan fingerprint density at radius 2 is 2.24 bits per heavy atom. The van der Waals surface area contributed by atoms with E-state index in [1.165, 1.54) is 12.8 Å². The molecule has 0 aliphatic heterocycles. The van der Waals surface area contributed by atoms with E-state index in [1.807, 2.05) is 29.9 Å². The Labute approximate surface area is 124 Å². The highest BCUT2D eigenvalue weighted by Gasteiger charge is 2.21. The fraction of sp³-hybridized carbons (Fsp3) is 0.438. The molecular formula is C16H21N3O2. The van der Waals surface area contributed by atoms with Crippen molar-refractivity contribution in [3.05, 3.63) is 42.0 Å². The van der Waals surface area contributed by atoms with Crippen molar-refractivity contribution in [2.24, 2.45) is 7.05 Å². The standard InChI is InChI=1S/C16H21N3O2/c1-19-11-17-9-14(19)10-21-16-12(8-18-13-6-7-13)4-3-5-15(16)20-2/h3-5,9,11,13,18H,6-8,10H2,1-2H3. The Morgan fingerprint density at radius 1 is 1.38 bits per heavy atom. The van der Waals surface area contributed by atoms with E-state index in [1.54, 1.807) is 13.4 Å². The maximum absolute atomic E-state index is 6.01. The van der Waals surface area contributed by atoms with E-state index in [0.717, 1.165) is 29.3 Å². The number of aryl methyl sites for hydroxylation is 1. The molecule has 1 aromatic heterocycles. The van der Waals surface area contributed by atoms with Gasteiger partial charge in [0, 0.05) is 25.2 Å². The lowest BCUT2D eigenvalue weighted by Crippen LogP contribution is -2.16. The van der Waals surface area contributed by atoms with Gasteiger partial charge in [-0.2, -0.15) is 0 Å². The zero-order valence-electron chi connectivity index (χ0n) is 12.5. The first-order valence-corrected chi connectivity index (χ1v) is 7.25. The van der Waals surface area contributed by atoms with Crippen LogP contribution in [0.5, 0.6) is 11.5 Å². The fourth-order valence-electron chi connectivity index (χ4n) is 2.24. The minimum absolute atomic E-state index is 0.479. The molecule has 0 unspecified atom stereocenters. The SMILES string of the molecule is COc1cccc(CNC2CC2)c1OCc1cncn1C. The molecule has 0 bridgehead atoms. The third-order valence-corrected chi connectivity index (χ3v) is 3.72. The number of imidazole rings is 1. The van der Waals surface area contributed by atoms with E-state index >= 15 is 0 Å². The van der Waals surface area contributed by atoms with Crippen molar-refractivity contribution >= 4 is 0 Å². The largest absolute Gasteiger partial charge is 0.493 e. The molecule has 5 heteroatoms. The molecule has 1 aliphatic rings. The molecule has 112 valence electrons. The third-order valence-electron chi connectivity index (χ3n) is 3.72. The summed E-state index contributed by atoms with van der Waals surface area (Å²) in [7, 11) is 3.63. The second-order valence-electron chi connectivity index (χ2n) is 5.39. The van der Waals surface area contributed by atoms with Gasteiger partial charge in [-0.05, 0) is 18.9 Å². The summed E-state index contributed by atoms with van der Waals surface area (Å²) in [6, 6.07) is 6.68. The molecule has 21 heavy (non-hydrogen) atoms. The monoisotopic (exact) mass is 287 g/mol. The molecule has 0 saturated heterocycles. The molecule has 1 aliphatic carbocycles. The van der Waals surface area contributed by atoms with Crippen molar-refractivity contribution < 1.29 is 9.47 Å². The Hall–Kier alpha value is -2.01. The Balaban J connectivity index is 1.75. The molecule has 1 heterocycles. The highest BCUT2D eigenvalue weighted by molar-refractivity contribution is 5.46. The molecule has 2 aromatic rings. The first-order chi connectivity index (χ1) is 10.3. The van der Waals surface area contributed by atoms with Gasteiger partial charge in [-0.3, -0.25) is 0 Å². The number of methoxy groups -OCH3 is 1. The molecule has 1 N–H and O–H groups in total. The normalized spacial score (nSPS) is 14.2. The molecule has 0 amide bonds. The minimum Gasteiger partial charge on any atom is -0.493 e. The average molecular weight is 287 g/mol. The number of hydrogen-bond acceptors (Lipinski definition) is 4. The highest BCUT2D eigenvalue weighted by Crippen LogP contribution is 2.32. The van der Waals surface area contributed by atoms with Gasteiger partial charge >= 0.3 is 0 Å². The van der Waals surface area contributed by atoms with Crippen molar-refractivity contribution in [1.82, 2.24) is 14.9 Å². The van der Waals surface area contributed by atoms with Crippen LogP contribution in [0.15, 0.2) is 30.7 Å². The number of nitrogens with zero attached hydrogens (tertiary/aromatic N) is 2. The van der Waals surface area contributed by atoms with E-state index in [2.05, 4.69) is 16.4 Å². The van der Waals surface area contributed by atoms with Crippen LogP contribution in [0.4, 0.5) is 0 Å². The van der Waals surface area contributed by atoms with Gasteiger partial charge in [-0.25, -0.2) is 4.98 Å². The number of nitrogens with one attached hydrogen (secondary N) is 1. The summed E-state index contributed by atoms with van der Waals surface area (Å²) in [5, 5.41) is 3.52. The Morgan fingerprint density at radius 3 is 2.90 bits per heavy atom. The number of ether oxygens (including phenoxy) is 2. The van der Waals surface area contributed by atoms with Crippen LogP contribution < -0.4 is 14.8 Å². The second-order valence-corrected chi connectivity index (χ2v) is 5.39. The minimum atomic E-state index is 0.479. The molecule has 1 saturated carbocycles. The van der Waals surface area contributed by atoms with E-state index in [0.29, 0.717) is 12.6 Å². The van der Waals surface area contributed by atoms with Crippen LogP contribution in [0.2, 0.25) is 0 Å². The summed E-state index contributed by atoms with van der Waals surface area (Å²) >= 11 is 0. The first kappa shape index (κ1) is 13.9. The number of aromatic nitrogens is 2. The summed E-state index contributed by atoms with van der Waals surface area (Å²) < 4.78 is 13.4. The smallest absolute Gasteiger partial charge is 0.166 e. The van der Waals surface area contributed by atoms with E-state index in [9.17, 15) is 0 Å². The van der Waals surface area contributed by atoms with Gasteiger partial charge in [0.2, 0.25) is 0 Å². The van der Waals surface area contributed by atoms with Crippen molar-refractivity contribution in [1.29, 1.82) is 0 Å². The maximum Gasteiger partial charge on any atom is 0.166 e. The zero-order chi connectivity index (χ0) is 14.7. The van der Waals surface area contributed by atoms with Crippen LogP contribution in [0.1, 0.15) is 24.1 Å². The van der Waals surface area contributed by atoms with Gasteiger partial charge in [0.05, 0.1) is 25.3 Å². The van der Waals surface area contributed by atoms with Crippen LogP contribution in [-0.2, 0) is 20.2 Å². The first-order valence-electron chi connectivity index (χ1n) is 7.25. The predicted octanol–water partition coefficient (Wildman–Crippen LogP) is 2.26. The molecule has 1 fully saturated rings. The van der Waals surface area contributed by atoms with Gasteiger partial charge in [0.25, 0.3) is 0 Å². The van der Waals surface area contributed by atoms with Crippen LogP contribution in [0, 0.1) is 0 Å². The van der Waals surface area contributed by atoms with Gasteiger partial charge in [-0.1, -0.05) is 12.1 Å². The van der Waals surface area contributed by atoms with Crippen LogP contribution in [0.25, 0.3) is 0 Å². The van der Waals surface area contributed by atoms with E-state index in [4.69, 9.17) is 9.47 Å². The van der Waals surface area contributed by atoms with Gasteiger partial charge in [0.1, 0.15) is 6.61 Å². The molecule has 0 radical (unpaired) electrons. The van der Waals surface area contributed by atoms with Crippen molar-refractivity contribution in [3.8, 4) is 11.5 Å². The summed E-state index contributed by atoms with van der Waals surface area (Å²) in [4.78, 5) is 4.11. The van der Waals surface area contributed by atoms with Crippen LogP contribution >= 0.6 is 0 Å². The quantitative estimate of drug-likeness (QED) is 0.848. The summed E-state index contributed by atoms with van der Waals surface area (Å²) in [6.45, 7) is 1.29. The van der Waals surface area contributed by atoms with Gasteiger partial charge in [0.15, 0.2) is 11.5 Å². The summed E-state index contributed by atoms with van der Waals surface area (Å²) in [6.07, 6.45) is 6.14. The number of hydrogen-bond donors (Lipinski definition) is 1. The number of rotatable bonds is 7. The number of benzene rings is 1. The zero-order valence-corrected chi connectivity index (χ0v) is 12.5. The summed E-state index contributed by atoms with van der Waals surface area (Å²) in [5.74, 6) is 1.58. The molecule has 0 spiro atoms. The lowest BCUT2D eigenvalue weighted by Gasteiger charge is -2.15. The fourth-order valence-corrected chi connectivity index (χ4v) is 2.24. The molecular weight excluding hydrogens is 266 g/mol. The van der Waals surface area contributed by atoms with Crippen LogP contribution in [0.3, 0.4) is 0 Å². The van der Waals surface area contributed by atoms with Gasteiger partial charge in [-0.15, -0.1) is 0 Å². The van der Waals surface area contributed by atoms with Crippen LogP contribution in [-0.4, -0.2) is 22.7 Å². The Bertz CT molecular complexity index is 605. The summed E-state index contributed by atoms with van der Waals surface area (Å²) in [5.41, 5.74) is 2.16. The predicted molar refractivity (Wildman–Crippen MR) is 80.4 cm³/mol. The maximum atomic E-state index is 6.01. The van der Waals surface area contributed by atoms with Gasteiger partial charge < -0.3 is 19.4 Å². The molecule has 1 aromatic carbocycles. The topological polar surface area (TPSA) is 48.3 Å².